The molecule has 4 fully saturated rings. The first-order valence-electron chi connectivity index (χ1n) is 17.1. The summed E-state index contributed by atoms with van der Waals surface area (Å²) in [7, 11) is 1.53. The van der Waals surface area contributed by atoms with E-state index in [1.165, 1.54) is 25.5 Å². The van der Waals surface area contributed by atoms with Crippen molar-refractivity contribution >= 4 is 24.0 Å². The minimum Gasteiger partial charge on any atom is -0.497 e. The number of fused-ring (bicyclic) bond motifs is 3. The maximum Gasteiger partial charge on any atom is 0.331 e. The van der Waals surface area contributed by atoms with Crippen molar-refractivity contribution in [2.75, 3.05) is 20.3 Å². The minimum absolute atomic E-state index is 0.516. The Hall–Kier alpha value is -3.69. The Balaban J connectivity index is 1.21. The second kappa shape index (κ2) is 16.0. The molecule has 4 aliphatic heterocycles. The number of esters is 3. The van der Waals surface area contributed by atoms with Gasteiger partial charge in [0.05, 0.1) is 44.7 Å². The quantitative estimate of drug-likeness (QED) is 0.0719. The molecular weight excluding hydrogens is 708 g/mol. The largest absolute Gasteiger partial charge is 0.497 e. The molecular formula is C35H44O18. The third kappa shape index (κ3) is 7.79. The van der Waals surface area contributed by atoms with Crippen LogP contribution in [-0.2, 0) is 57.0 Å². The van der Waals surface area contributed by atoms with E-state index in [0.717, 1.165) is 13.8 Å². The highest BCUT2D eigenvalue weighted by molar-refractivity contribution is 5.87. The molecule has 1 saturated carbocycles. The van der Waals surface area contributed by atoms with Crippen LogP contribution in [0.2, 0.25) is 0 Å². The van der Waals surface area contributed by atoms with Crippen LogP contribution in [0.15, 0.2) is 42.7 Å². The predicted molar refractivity (Wildman–Crippen MR) is 173 cm³/mol. The van der Waals surface area contributed by atoms with Crippen LogP contribution in [-0.4, -0.2) is 149 Å². The zero-order valence-corrected chi connectivity index (χ0v) is 29.2. The van der Waals surface area contributed by atoms with Crippen molar-refractivity contribution in [2.24, 2.45) is 11.8 Å². The fourth-order valence-corrected chi connectivity index (χ4v) is 7.41. The van der Waals surface area contributed by atoms with Gasteiger partial charge in [0.2, 0.25) is 6.29 Å². The van der Waals surface area contributed by atoms with Gasteiger partial charge in [0, 0.05) is 25.8 Å². The van der Waals surface area contributed by atoms with E-state index in [2.05, 4.69) is 0 Å². The molecule has 18 heteroatoms. The van der Waals surface area contributed by atoms with Crippen molar-refractivity contribution < 1.29 is 87.3 Å². The first kappa shape index (κ1) is 39.0. The maximum absolute atomic E-state index is 13.0. The lowest BCUT2D eigenvalue weighted by Crippen LogP contribution is -2.62. The molecule has 292 valence electrons. The van der Waals surface area contributed by atoms with E-state index < -0.39 is 128 Å². The molecule has 0 bridgehead atoms. The van der Waals surface area contributed by atoms with E-state index in [-0.39, 0.29) is 0 Å². The van der Waals surface area contributed by atoms with E-state index in [4.69, 9.17) is 47.4 Å². The Labute approximate surface area is 303 Å². The topological polar surface area (TPSA) is 248 Å². The monoisotopic (exact) mass is 752 g/mol. The summed E-state index contributed by atoms with van der Waals surface area (Å²) < 4.78 is 57.8. The summed E-state index contributed by atoms with van der Waals surface area (Å²) >= 11 is 0. The van der Waals surface area contributed by atoms with Crippen LogP contribution in [0, 0.1) is 11.8 Å². The number of hydrogen-bond acceptors (Lipinski definition) is 18. The normalized spacial score (nSPS) is 41.5. The molecule has 6 rings (SSSR count). The molecule has 5 aliphatic rings. The van der Waals surface area contributed by atoms with Gasteiger partial charge in [0.25, 0.3) is 0 Å². The zero-order valence-electron chi connectivity index (χ0n) is 29.2. The van der Waals surface area contributed by atoms with Gasteiger partial charge in [-0.3, -0.25) is 9.59 Å². The Kier molecular flexibility index (Phi) is 11.7. The van der Waals surface area contributed by atoms with E-state index in [1.54, 1.807) is 37.3 Å². The number of epoxide rings is 1. The molecule has 2 unspecified atom stereocenters. The molecule has 0 amide bonds. The van der Waals surface area contributed by atoms with Crippen LogP contribution in [0.5, 0.6) is 5.75 Å². The van der Waals surface area contributed by atoms with Crippen molar-refractivity contribution in [2.45, 2.75) is 106 Å². The average Bonchev–Trinajstić information content (AvgIpc) is 3.81. The second-order valence-corrected chi connectivity index (χ2v) is 13.4. The van der Waals surface area contributed by atoms with Gasteiger partial charge in [-0.1, -0.05) is 12.1 Å². The van der Waals surface area contributed by atoms with Gasteiger partial charge in [-0.2, -0.15) is 0 Å². The van der Waals surface area contributed by atoms with Crippen LogP contribution in [0.25, 0.3) is 6.08 Å². The first-order chi connectivity index (χ1) is 25.3. The van der Waals surface area contributed by atoms with Crippen molar-refractivity contribution in [1.82, 2.24) is 0 Å². The maximum atomic E-state index is 13.0. The molecule has 3 saturated heterocycles. The fraction of sp³-hybridized carbons (Fsp3) is 0.629. The molecule has 0 radical (unpaired) electrons. The molecule has 4 heterocycles. The second-order valence-electron chi connectivity index (χ2n) is 13.4. The number of aliphatic hydroxyl groups is 5. The molecule has 1 aromatic rings. The zero-order chi connectivity index (χ0) is 38.2. The van der Waals surface area contributed by atoms with E-state index >= 15 is 0 Å². The van der Waals surface area contributed by atoms with Gasteiger partial charge >= 0.3 is 17.9 Å². The molecule has 16 atom stereocenters. The molecule has 5 N–H and O–H groups in total. The smallest absolute Gasteiger partial charge is 0.331 e. The molecule has 18 nitrogen and oxygen atoms in total. The van der Waals surface area contributed by atoms with Gasteiger partial charge in [0.15, 0.2) is 30.9 Å². The number of methoxy groups -OCH3 is 1. The average molecular weight is 753 g/mol. The van der Waals surface area contributed by atoms with Crippen molar-refractivity contribution in [3.8, 4) is 5.75 Å². The number of carbonyl (C=O) groups is 3. The number of carbonyl (C=O) groups excluding carboxylic acids is 3. The molecule has 0 aromatic heterocycles. The summed E-state index contributed by atoms with van der Waals surface area (Å²) in [5, 5.41) is 51.2. The summed E-state index contributed by atoms with van der Waals surface area (Å²) in [5.74, 6) is -3.13. The summed E-state index contributed by atoms with van der Waals surface area (Å²) in [5.41, 5.74) is -0.600. The third-order valence-electron chi connectivity index (χ3n) is 10.0. The Bertz CT molecular complexity index is 1530. The molecule has 0 spiro atoms. The summed E-state index contributed by atoms with van der Waals surface area (Å²) in [4.78, 5) is 37.8. The number of ether oxygens (including phenoxy) is 10. The van der Waals surface area contributed by atoms with Crippen LogP contribution in [0.4, 0.5) is 0 Å². The summed E-state index contributed by atoms with van der Waals surface area (Å²) in [6, 6.07) is 6.90. The van der Waals surface area contributed by atoms with Gasteiger partial charge < -0.3 is 72.9 Å². The first-order valence-corrected chi connectivity index (χ1v) is 17.1. The highest BCUT2D eigenvalue weighted by Crippen LogP contribution is 2.61. The number of aliphatic hydroxyl groups excluding tert-OH is 5. The molecule has 53 heavy (non-hydrogen) atoms. The van der Waals surface area contributed by atoms with Crippen molar-refractivity contribution in [1.29, 1.82) is 0 Å². The lowest BCUT2D eigenvalue weighted by Gasteiger charge is -2.45. The fourth-order valence-electron chi connectivity index (χ4n) is 7.41. The molecule has 1 aromatic carbocycles. The van der Waals surface area contributed by atoms with Gasteiger partial charge in [-0.15, -0.1) is 0 Å². The van der Waals surface area contributed by atoms with Crippen LogP contribution < -0.4 is 4.74 Å². The summed E-state index contributed by atoms with van der Waals surface area (Å²) in [6.45, 7) is 2.64. The number of hydrogen-bond donors (Lipinski definition) is 5. The minimum atomic E-state index is -1.73. The SMILES string of the molecule is COc1ccc(/C=C/C(=O)O[C@@H]2[C@@H](OC(C)=O)[C@@H](OC(C)=O)[C@H](O[C@H]3C4C=CO[C@@H](O[C@@H]5O[C@H](CO)[C@@H](O)[C@H](O)[C@H]5O)C4[C@@]4(CO)O[C@@H]34)O[C@H]2C)cc1. The number of benzene rings is 1. The lowest BCUT2D eigenvalue weighted by molar-refractivity contribution is -0.347. The van der Waals surface area contributed by atoms with Crippen molar-refractivity contribution in [3.05, 3.63) is 48.2 Å². The van der Waals surface area contributed by atoms with Gasteiger partial charge in [-0.05, 0) is 36.8 Å². The van der Waals surface area contributed by atoms with Crippen LogP contribution in [0.1, 0.15) is 26.3 Å². The van der Waals surface area contributed by atoms with E-state index in [9.17, 15) is 39.9 Å². The Morgan fingerprint density at radius 3 is 2.17 bits per heavy atom. The van der Waals surface area contributed by atoms with E-state index in [0.29, 0.717) is 11.3 Å². The van der Waals surface area contributed by atoms with Crippen LogP contribution >= 0.6 is 0 Å². The predicted octanol–water partition coefficient (Wildman–Crippen LogP) is -1.32. The Morgan fingerprint density at radius 2 is 1.53 bits per heavy atom. The highest BCUT2D eigenvalue weighted by atomic mass is 16.8. The van der Waals surface area contributed by atoms with Gasteiger partial charge in [0.1, 0.15) is 41.9 Å². The standard InChI is InChI=1S/C35H44O18/c1-15-27(50-22(40)10-7-18-5-8-19(44-4)9-6-18)29(47-16(2)38)30(48-17(3)39)34(46-15)51-28-20-11-12-45-32(23(20)35(14-37)31(28)53-35)52-33-26(43)25(42)24(41)21(13-36)49-33/h5-12,15,20-21,23-34,36-37,41-43H,13-14H2,1-4H3/b10-7+/t15-,20?,21+,23?,24+,25-,26+,27-,28-,29+,30+,31-,32-,33-,34-,35+/m0/s1. The summed E-state index contributed by atoms with van der Waals surface area (Å²) in [6.07, 6.45) is -11.6. The Morgan fingerprint density at radius 1 is 0.830 bits per heavy atom. The third-order valence-corrected chi connectivity index (χ3v) is 10.0. The van der Waals surface area contributed by atoms with Crippen molar-refractivity contribution in [3.63, 3.8) is 0 Å². The lowest BCUT2D eigenvalue weighted by atomic mass is 9.85. The van der Waals surface area contributed by atoms with Crippen LogP contribution in [0.3, 0.4) is 0 Å². The van der Waals surface area contributed by atoms with E-state index in [1.807, 2.05) is 0 Å². The van der Waals surface area contributed by atoms with Gasteiger partial charge in [-0.25, -0.2) is 4.79 Å². The number of rotatable bonds is 12. The highest BCUT2D eigenvalue weighted by Gasteiger charge is 2.77. The molecule has 1 aliphatic carbocycles.